The van der Waals surface area contributed by atoms with Crippen LogP contribution in [-0.2, 0) is 6.54 Å². The van der Waals surface area contributed by atoms with Gasteiger partial charge in [-0.25, -0.2) is 4.68 Å². The molecule has 0 spiro atoms. The SMILES string of the molecule is NCCC1CCCCN1Cc1nnnn1C1CC1. The van der Waals surface area contributed by atoms with Gasteiger partial charge in [0, 0.05) is 6.04 Å². The highest BCUT2D eigenvalue weighted by atomic mass is 15.6. The Balaban J connectivity index is 1.67. The van der Waals surface area contributed by atoms with Crippen molar-refractivity contribution in [2.75, 3.05) is 13.1 Å². The van der Waals surface area contributed by atoms with E-state index in [2.05, 4.69) is 20.4 Å². The Hall–Kier alpha value is -1.01. The van der Waals surface area contributed by atoms with Crippen molar-refractivity contribution in [2.45, 2.75) is 57.2 Å². The summed E-state index contributed by atoms with van der Waals surface area (Å²) in [5, 5.41) is 12.1. The maximum Gasteiger partial charge on any atom is 0.165 e. The Bertz CT molecular complexity index is 384. The van der Waals surface area contributed by atoms with E-state index in [1.165, 1.54) is 32.1 Å². The van der Waals surface area contributed by atoms with Crippen LogP contribution >= 0.6 is 0 Å². The van der Waals surface area contributed by atoms with Crippen molar-refractivity contribution in [1.29, 1.82) is 0 Å². The minimum atomic E-state index is 0.563. The number of rotatable bonds is 5. The molecule has 2 aliphatic rings. The molecule has 0 radical (unpaired) electrons. The van der Waals surface area contributed by atoms with E-state index in [0.29, 0.717) is 12.1 Å². The molecule has 1 aromatic heterocycles. The first-order chi connectivity index (χ1) is 8.88. The maximum absolute atomic E-state index is 5.71. The van der Waals surface area contributed by atoms with Crippen LogP contribution in [0.1, 0.15) is 50.4 Å². The summed E-state index contributed by atoms with van der Waals surface area (Å²) in [6.45, 7) is 2.81. The van der Waals surface area contributed by atoms with E-state index in [1.807, 2.05) is 4.68 Å². The number of piperidine rings is 1. The van der Waals surface area contributed by atoms with E-state index in [0.717, 1.165) is 31.9 Å². The van der Waals surface area contributed by atoms with Crippen LogP contribution in [0.3, 0.4) is 0 Å². The number of likely N-dealkylation sites (tertiary alicyclic amines) is 1. The number of hydrogen-bond acceptors (Lipinski definition) is 5. The Morgan fingerprint density at radius 1 is 1.22 bits per heavy atom. The monoisotopic (exact) mass is 250 g/mol. The third kappa shape index (κ3) is 2.54. The summed E-state index contributed by atoms with van der Waals surface area (Å²) in [7, 11) is 0. The second-order valence-corrected chi connectivity index (χ2v) is 5.47. The predicted octanol–water partition coefficient (Wildman–Crippen LogP) is 0.711. The molecule has 0 aromatic carbocycles. The quantitative estimate of drug-likeness (QED) is 0.833. The van der Waals surface area contributed by atoms with E-state index in [4.69, 9.17) is 5.73 Å². The van der Waals surface area contributed by atoms with Gasteiger partial charge < -0.3 is 5.73 Å². The minimum absolute atomic E-state index is 0.563. The molecular weight excluding hydrogens is 228 g/mol. The average Bonchev–Trinajstić information content (AvgIpc) is 3.13. The Morgan fingerprint density at radius 3 is 2.89 bits per heavy atom. The van der Waals surface area contributed by atoms with E-state index in [1.54, 1.807) is 0 Å². The van der Waals surface area contributed by atoms with Crippen LogP contribution < -0.4 is 5.73 Å². The number of aromatic nitrogens is 4. The zero-order chi connectivity index (χ0) is 12.4. The summed E-state index contributed by atoms with van der Waals surface area (Å²) in [5.41, 5.74) is 5.71. The summed E-state index contributed by atoms with van der Waals surface area (Å²) in [6, 6.07) is 1.18. The fourth-order valence-electron chi connectivity index (χ4n) is 2.89. The van der Waals surface area contributed by atoms with Crippen molar-refractivity contribution < 1.29 is 0 Å². The third-order valence-corrected chi connectivity index (χ3v) is 4.05. The highest BCUT2D eigenvalue weighted by Crippen LogP contribution is 2.34. The first-order valence-corrected chi connectivity index (χ1v) is 7.09. The molecular formula is C12H22N6. The van der Waals surface area contributed by atoms with E-state index in [9.17, 15) is 0 Å². The van der Waals surface area contributed by atoms with Gasteiger partial charge in [0.1, 0.15) is 0 Å². The van der Waals surface area contributed by atoms with Gasteiger partial charge in [0.25, 0.3) is 0 Å². The van der Waals surface area contributed by atoms with Crippen molar-refractivity contribution in [1.82, 2.24) is 25.1 Å². The molecule has 1 aliphatic heterocycles. The zero-order valence-corrected chi connectivity index (χ0v) is 10.8. The van der Waals surface area contributed by atoms with Gasteiger partial charge in [-0.05, 0) is 55.6 Å². The standard InChI is InChI=1S/C12H22N6/c13-7-6-10-3-1-2-8-17(10)9-12-14-15-16-18(12)11-4-5-11/h10-11H,1-9,13H2. The van der Waals surface area contributed by atoms with Crippen LogP contribution in [0.25, 0.3) is 0 Å². The molecule has 1 saturated heterocycles. The lowest BCUT2D eigenvalue weighted by Crippen LogP contribution is -2.40. The van der Waals surface area contributed by atoms with Crippen molar-refractivity contribution in [3.63, 3.8) is 0 Å². The highest BCUT2D eigenvalue weighted by Gasteiger charge is 2.30. The predicted molar refractivity (Wildman–Crippen MR) is 67.8 cm³/mol. The molecule has 18 heavy (non-hydrogen) atoms. The molecule has 6 nitrogen and oxygen atoms in total. The van der Waals surface area contributed by atoms with Gasteiger partial charge in [0.2, 0.25) is 0 Å². The summed E-state index contributed by atoms with van der Waals surface area (Å²) in [5.74, 6) is 1.03. The van der Waals surface area contributed by atoms with Crippen LogP contribution in [0.2, 0.25) is 0 Å². The second-order valence-electron chi connectivity index (χ2n) is 5.47. The lowest BCUT2D eigenvalue weighted by Gasteiger charge is -2.35. The van der Waals surface area contributed by atoms with Gasteiger partial charge in [0.15, 0.2) is 5.82 Å². The highest BCUT2D eigenvalue weighted by molar-refractivity contribution is 4.92. The lowest BCUT2D eigenvalue weighted by molar-refractivity contribution is 0.128. The van der Waals surface area contributed by atoms with Crippen molar-refractivity contribution in [3.05, 3.63) is 5.82 Å². The normalized spacial score (nSPS) is 25.5. The van der Waals surface area contributed by atoms with E-state index < -0.39 is 0 Å². The third-order valence-electron chi connectivity index (χ3n) is 4.05. The summed E-state index contributed by atoms with van der Waals surface area (Å²) < 4.78 is 2.02. The summed E-state index contributed by atoms with van der Waals surface area (Å²) >= 11 is 0. The average molecular weight is 250 g/mol. The molecule has 100 valence electrons. The topological polar surface area (TPSA) is 72.9 Å². The number of nitrogens with zero attached hydrogens (tertiary/aromatic N) is 5. The van der Waals surface area contributed by atoms with Crippen molar-refractivity contribution in [2.24, 2.45) is 5.73 Å². The summed E-state index contributed by atoms with van der Waals surface area (Å²) in [6.07, 6.45) is 7.42. The van der Waals surface area contributed by atoms with Crippen molar-refractivity contribution in [3.8, 4) is 0 Å². The molecule has 0 bridgehead atoms. The van der Waals surface area contributed by atoms with Gasteiger partial charge >= 0.3 is 0 Å². The molecule has 1 saturated carbocycles. The molecule has 6 heteroatoms. The fourth-order valence-corrected chi connectivity index (χ4v) is 2.89. The van der Waals surface area contributed by atoms with Crippen LogP contribution in [0.5, 0.6) is 0 Å². The zero-order valence-electron chi connectivity index (χ0n) is 10.8. The first kappa shape index (κ1) is 12.0. The van der Waals surface area contributed by atoms with Gasteiger partial charge in [0.05, 0.1) is 12.6 Å². The van der Waals surface area contributed by atoms with Crippen LogP contribution in [0.4, 0.5) is 0 Å². The molecule has 1 unspecified atom stereocenters. The minimum Gasteiger partial charge on any atom is -0.330 e. The van der Waals surface area contributed by atoms with E-state index in [-0.39, 0.29) is 0 Å². The smallest absolute Gasteiger partial charge is 0.165 e. The second kappa shape index (κ2) is 5.32. The fraction of sp³-hybridized carbons (Fsp3) is 0.917. The van der Waals surface area contributed by atoms with Gasteiger partial charge in [-0.15, -0.1) is 5.10 Å². The molecule has 1 aliphatic carbocycles. The maximum atomic E-state index is 5.71. The lowest BCUT2D eigenvalue weighted by atomic mass is 9.99. The molecule has 1 aromatic rings. The molecule has 3 rings (SSSR count). The molecule has 0 amide bonds. The molecule has 2 heterocycles. The Morgan fingerprint density at radius 2 is 2.11 bits per heavy atom. The van der Waals surface area contributed by atoms with Gasteiger partial charge in [-0.3, -0.25) is 4.90 Å². The first-order valence-electron chi connectivity index (χ1n) is 7.09. The van der Waals surface area contributed by atoms with Crippen molar-refractivity contribution >= 4 is 0 Å². The molecule has 2 N–H and O–H groups in total. The Kier molecular flexibility index (Phi) is 3.56. The largest absolute Gasteiger partial charge is 0.330 e. The van der Waals surface area contributed by atoms with Crippen LogP contribution in [-0.4, -0.2) is 44.2 Å². The number of tetrazole rings is 1. The van der Waals surface area contributed by atoms with Gasteiger partial charge in [-0.1, -0.05) is 6.42 Å². The molecule has 1 atom stereocenters. The van der Waals surface area contributed by atoms with E-state index >= 15 is 0 Å². The van der Waals surface area contributed by atoms with Gasteiger partial charge in [-0.2, -0.15) is 0 Å². The summed E-state index contributed by atoms with van der Waals surface area (Å²) in [4.78, 5) is 2.51. The van der Waals surface area contributed by atoms with Crippen LogP contribution in [0, 0.1) is 0 Å². The number of hydrogen-bond donors (Lipinski definition) is 1. The number of nitrogens with two attached hydrogens (primary N) is 1. The Labute approximate surface area is 108 Å². The molecule has 2 fully saturated rings. The van der Waals surface area contributed by atoms with Crippen LogP contribution in [0.15, 0.2) is 0 Å².